The molecule has 156 valence electrons. The number of ether oxygens (including phenoxy) is 4. The lowest BCUT2D eigenvalue weighted by Crippen LogP contribution is -2.42. The fraction of sp³-hybridized carbons (Fsp3) is 0.556. The molecule has 0 saturated carbocycles. The fourth-order valence-corrected chi connectivity index (χ4v) is 2.25. The molecule has 0 fully saturated rings. The third-order valence-electron chi connectivity index (χ3n) is 3.55. The van der Waals surface area contributed by atoms with Crippen LogP contribution in [-0.2, 0) is 14.3 Å². The highest BCUT2D eigenvalue weighted by atomic mass is 16.6. The molecule has 1 rings (SSSR count). The summed E-state index contributed by atoms with van der Waals surface area (Å²) in [7, 11) is 2.74. The number of methoxy groups -OCH3 is 2. The number of nitro groups is 1. The van der Waals surface area contributed by atoms with E-state index in [1.807, 2.05) is 0 Å². The minimum Gasteiger partial charge on any atom is -0.493 e. The molecule has 1 amide bonds. The molecule has 0 aromatic heterocycles. The minimum absolute atomic E-state index is 0.125. The number of carbonyl (C=O) groups excluding carboxylic acids is 2. The van der Waals surface area contributed by atoms with E-state index in [4.69, 9.17) is 18.9 Å². The number of nitro benzene ring substituents is 1. The Morgan fingerprint density at radius 2 is 1.64 bits per heavy atom. The van der Waals surface area contributed by atoms with Crippen molar-refractivity contribution in [2.24, 2.45) is 0 Å². The molecule has 1 aromatic carbocycles. The molecular weight excluding hydrogens is 372 g/mol. The highest BCUT2D eigenvalue weighted by Crippen LogP contribution is 2.38. The Morgan fingerprint density at radius 1 is 1.11 bits per heavy atom. The smallest absolute Gasteiger partial charge is 0.408 e. The molecule has 0 radical (unpaired) electrons. The Balaban J connectivity index is 2.97. The molecule has 0 aliphatic carbocycles. The molecule has 1 N–H and O–H groups in total. The third-order valence-corrected chi connectivity index (χ3v) is 3.55. The summed E-state index contributed by atoms with van der Waals surface area (Å²) in [5.74, 6) is -0.343. The van der Waals surface area contributed by atoms with Crippen LogP contribution >= 0.6 is 0 Å². The molecular formula is C18H26N2O8. The van der Waals surface area contributed by atoms with E-state index >= 15 is 0 Å². The maximum atomic E-state index is 12.3. The predicted octanol–water partition coefficient (Wildman–Crippen LogP) is 3.13. The van der Waals surface area contributed by atoms with Crippen LogP contribution in [0.3, 0.4) is 0 Å². The Kier molecular flexibility index (Phi) is 7.60. The predicted molar refractivity (Wildman–Crippen MR) is 99.5 cm³/mol. The Bertz CT molecular complexity index is 742. The van der Waals surface area contributed by atoms with E-state index in [-0.39, 0.29) is 22.7 Å². The molecule has 0 bridgehead atoms. The van der Waals surface area contributed by atoms with Crippen molar-refractivity contribution >= 4 is 17.7 Å². The SMILES string of the molecule is COc1cc(C(C)OC(=O)[C@H](C)NC(=O)OC(C)(C)C)c([N+](=O)[O-])cc1OC. The van der Waals surface area contributed by atoms with E-state index in [0.29, 0.717) is 0 Å². The molecule has 10 nitrogen and oxygen atoms in total. The van der Waals surface area contributed by atoms with Gasteiger partial charge in [-0.2, -0.15) is 0 Å². The highest BCUT2D eigenvalue weighted by molar-refractivity contribution is 5.81. The van der Waals surface area contributed by atoms with Gasteiger partial charge in [0.25, 0.3) is 5.69 Å². The van der Waals surface area contributed by atoms with Crippen LogP contribution in [0.4, 0.5) is 10.5 Å². The summed E-state index contributed by atoms with van der Waals surface area (Å²) >= 11 is 0. The van der Waals surface area contributed by atoms with E-state index in [9.17, 15) is 19.7 Å². The molecule has 0 aliphatic heterocycles. The minimum atomic E-state index is -1.02. The first-order chi connectivity index (χ1) is 12.9. The van der Waals surface area contributed by atoms with Gasteiger partial charge in [-0.25, -0.2) is 9.59 Å². The highest BCUT2D eigenvalue weighted by Gasteiger charge is 2.28. The van der Waals surface area contributed by atoms with E-state index in [2.05, 4.69) is 5.32 Å². The van der Waals surface area contributed by atoms with E-state index in [0.717, 1.165) is 0 Å². The van der Waals surface area contributed by atoms with Gasteiger partial charge in [0.2, 0.25) is 0 Å². The molecule has 0 saturated heterocycles. The van der Waals surface area contributed by atoms with Gasteiger partial charge in [0, 0.05) is 0 Å². The lowest BCUT2D eigenvalue weighted by molar-refractivity contribution is -0.386. The summed E-state index contributed by atoms with van der Waals surface area (Å²) in [5.41, 5.74) is -0.882. The summed E-state index contributed by atoms with van der Waals surface area (Å²) in [6.07, 6.45) is -1.75. The zero-order chi connectivity index (χ0) is 21.6. The number of nitrogens with zero attached hydrogens (tertiary/aromatic N) is 1. The van der Waals surface area contributed by atoms with Gasteiger partial charge < -0.3 is 24.3 Å². The summed E-state index contributed by atoms with van der Waals surface area (Å²) in [4.78, 5) is 34.8. The van der Waals surface area contributed by atoms with Gasteiger partial charge in [0.1, 0.15) is 17.7 Å². The number of esters is 1. The first-order valence-corrected chi connectivity index (χ1v) is 8.50. The van der Waals surface area contributed by atoms with Crippen LogP contribution in [0.25, 0.3) is 0 Å². The number of amides is 1. The van der Waals surface area contributed by atoms with Crippen LogP contribution in [0.5, 0.6) is 11.5 Å². The second-order valence-corrected chi connectivity index (χ2v) is 6.97. The van der Waals surface area contributed by atoms with Crippen LogP contribution < -0.4 is 14.8 Å². The number of benzene rings is 1. The van der Waals surface area contributed by atoms with Gasteiger partial charge >= 0.3 is 12.1 Å². The first-order valence-electron chi connectivity index (χ1n) is 8.50. The van der Waals surface area contributed by atoms with Crippen molar-refractivity contribution in [3.63, 3.8) is 0 Å². The van der Waals surface area contributed by atoms with Crippen LogP contribution in [0.1, 0.15) is 46.3 Å². The van der Waals surface area contributed by atoms with Crippen LogP contribution in [0.2, 0.25) is 0 Å². The van der Waals surface area contributed by atoms with E-state index in [1.165, 1.54) is 40.2 Å². The third kappa shape index (κ3) is 6.29. The number of hydrogen-bond acceptors (Lipinski definition) is 8. The molecule has 0 heterocycles. The molecule has 1 aromatic rings. The summed E-state index contributed by atoms with van der Waals surface area (Å²) < 4.78 is 20.6. The van der Waals surface area contributed by atoms with E-state index in [1.54, 1.807) is 20.8 Å². The molecule has 28 heavy (non-hydrogen) atoms. The van der Waals surface area contributed by atoms with Crippen LogP contribution in [0.15, 0.2) is 12.1 Å². The Morgan fingerprint density at radius 3 is 2.11 bits per heavy atom. The average Bonchev–Trinajstić information content (AvgIpc) is 2.58. The number of rotatable bonds is 7. The summed E-state index contributed by atoms with van der Waals surface area (Å²) in [6.45, 7) is 7.96. The van der Waals surface area contributed by atoms with Gasteiger partial charge in [0.05, 0.1) is 30.8 Å². The second kappa shape index (κ2) is 9.25. The monoisotopic (exact) mass is 398 g/mol. The van der Waals surface area contributed by atoms with Crippen molar-refractivity contribution in [3.05, 3.63) is 27.8 Å². The van der Waals surface area contributed by atoms with Gasteiger partial charge in [-0.3, -0.25) is 10.1 Å². The standard InChI is InChI=1S/C18H26N2O8/c1-10(19-17(22)28-18(3,4)5)16(21)27-11(2)12-8-14(25-6)15(26-7)9-13(12)20(23)24/h8-11H,1-7H3,(H,19,22)/t10-,11?/m0/s1. The summed E-state index contributed by atoms with van der Waals surface area (Å²) in [6, 6.07) is 1.55. The van der Waals surface area contributed by atoms with Crippen LogP contribution in [0, 0.1) is 10.1 Å². The van der Waals surface area contributed by atoms with Crippen molar-refractivity contribution in [2.45, 2.75) is 52.4 Å². The molecule has 0 spiro atoms. The Labute approximate surface area is 163 Å². The summed E-state index contributed by atoms with van der Waals surface area (Å²) in [5, 5.41) is 13.7. The quantitative estimate of drug-likeness (QED) is 0.422. The number of hydrogen-bond donors (Lipinski definition) is 1. The van der Waals surface area contributed by atoms with Gasteiger partial charge in [-0.05, 0) is 40.7 Å². The lowest BCUT2D eigenvalue weighted by atomic mass is 10.1. The largest absolute Gasteiger partial charge is 0.493 e. The maximum absolute atomic E-state index is 12.3. The maximum Gasteiger partial charge on any atom is 0.408 e. The van der Waals surface area contributed by atoms with Crippen molar-refractivity contribution < 1.29 is 33.5 Å². The normalized spacial score (nSPS) is 13.1. The van der Waals surface area contributed by atoms with Crippen molar-refractivity contribution in [2.75, 3.05) is 14.2 Å². The molecule has 0 aliphatic rings. The average molecular weight is 398 g/mol. The fourth-order valence-electron chi connectivity index (χ4n) is 2.25. The molecule has 10 heteroatoms. The van der Waals surface area contributed by atoms with Gasteiger partial charge in [-0.1, -0.05) is 0 Å². The van der Waals surface area contributed by atoms with Crippen molar-refractivity contribution in [3.8, 4) is 11.5 Å². The topological polar surface area (TPSA) is 126 Å². The second-order valence-electron chi connectivity index (χ2n) is 6.97. The van der Waals surface area contributed by atoms with Crippen molar-refractivity contribution in [1.29, 1.82) is 0 Å². The first kappa shape index (κ1) is 23.0. The Hall–Kier alpha value is -3.04. The van der Waals surface area contributed by atoms with Crippen LogP contribution in [-0.4, -0.2) is 42.8 Å². The van der Waals surface area contributed by atoms with Crippen molar-refractivity contribution in [1.82, 2.24) is 5.32 Å². The number of nitrogens with one attached hydrogen (secondary N) is 1. The zero-order valence-corrected chi connectivity index (χ0v) is 17.0. The molecule has 1 unspecified atom stereocenters. The number of carbonyl (C=O) groups is 2. The molecule has 2 atom stereocenters. The zero-order valence-electron chi connectivity index (χ0n) is 17.0. The lowest BCUT2D eigenvalue weighted by Gasteiger charge is -2.22. The van der Waals surface area contributed by atoms with Gasteiger partial charge in [-0.15, -0.1) is 0 Å². The van der Waals surface area contributed by atoms with Gasteiger partial charge in [0.15, 0.2) is 11.5 Å². The number of alkyl carbamates (subject to hydrolysis) is 1. The van der Waals surface area contributed by atoms with E-state index < -0.39 is 34.7 Å².